The van der Waals surface area contributed by atoms with Crippen molar-refractivity contribution in [2.45, 2.75) is 6.04 Å². The molecule has 16 heavy (non-hydrogen) atoms. The molecule has 3 nitrogen and oxygen atoms in total. The Morgan fingerprint density at radius 1 is 1.56 bits per heavy atom. The number of hydrogen-bond donors (Lipinski definition) is 2. The Bertz CT molecular complexity index is 470. The molecular weight excluding hydrogens is 242 g/mol. The molecule has 1 unspecified atom stereocenters. The Hall–Kier alpha value is -1.10. The van der Waals surface area contributed by atoms with Gasteiger partial charge < -0.3 is 11.1 Å². The highest BCUT2D eigenvalue weighted by molar-refractivity contribution is 7.10. The molecule has 2 rings (SSSR count). The monoisotopic (exact) mass is 253 g/mol. The number of hydrogen-bond acceptors (Lipinski definition) is 4. The zero-order chi connectivity index (χ0) is 11.5. The summed E-state index contributed by atoms with van der Waals surface area (Å²) in [4.78, 5) is 5.26. The third kappa shape index (κ3) is 2.19. The molecule has 0 fully saturated rings. The maximum Gasteiger partial charge on any atom is 0.128 e. The van der Waals surface area contributed by atoms with Crippen LogP contribution in [0.15, 0.2) is 29.8 Å². The van der Waals surface area contributed by atoms with Gasteiger partial charge in [0.15, 0.2) is 0 Å². The Morgan fingerprint density at radius 2 is 2.38 bits per heavy atom. The molecule has 0 spiro atoms. The van der Waals surface area contributed by atoms with Crippen molar-refractivity contribution in [1.82, 2.24) is 10.3 Å². The van der Waals surface area contributed by atoms with Crippen molar-refractivity contribution in [3.05, 3.63) is 45.2 Å². The summed E-state index contributed by atoms with van der Waals surface area (Å²) < 4.78 is 0. The first-order valence-electron chi connectivity index (χ1n) is 4.84. The Balaban J connectivity index is 2.44. The minimum atomic E-state index is 0.0474. The second-order valence-corrected chi connectivity index (χ2v) is 4.78. The molecule has 0 saturated heterocycles. The van der Waals surface area contributed by atoms with E-state index in [1.165, 1.54) is 4.88 Å². The second kappa shape index (κ2) is 4.82. The first-order chi connectivity index (χ1) is 7.72. The number of nitrogen functional groups attached to an aromatic ring is 1. The third-order valence-corrected chi connectivity index (χ3v) is 3.49. The van der Waals surface area contributed by atoms with E-state index in [-0.39, 0.29) is 6.04 Å². The summed E-state index contributed by atoms with van der Waals surface area (Å²) >= 11 is 7.61. The molecule has 0 aromatic carbocycles. The van der Waals surface area contributed by atoms with Gasteiger partial charge in [-0.15, -0.1) is 11.3 Å². The summed E-state index contributed by atoms with van der Waals surface area (Å²) in [6.07, 6.45) is 1.56. The van der Waals surface area contributed by atoms with Gasteiger partial charge in [-0.3, -0.25) is 0 Å². The highest BCUT2D eigenvalue weighted by atomic mass is 35.5. The van der Waals surface area contributed by atoms with Gasteiger partial charge in [0.05, 0.1) is 11.1 Å². The fourth-order valence-corrected chi connectivity index (χ4v) is 2.62. The van der Waals surface area contributed by atoms with Gasteiger partial charge in [0.2, 0.25) is 0 Å². The molecule has 1 atom stereocenters. The SMILES string of the molecule is CNC(c1cccs1)c1cc(Cl)cnc1N. The fraction of sp³-hybridized carbons (Fsp3) is 0.182. The third-order valence-electron chi connectivity index (χ3n) is 2.34. The number of nitrogens with one attached hydrogen (secondary N) is 1. The van der Waals surface area contributed by atoms with Gasteiger partial charge in [-0.2, -0.15) is 0 Å². The number of rotatable bonds is 3. The van der Waals surface area contributed by atoms with Crippen LogP contribution < -0.4 is 11.1 Å². The molecule has 2 heterocycles. The number of anilines is 1. The molecular formula is C11H12ClN3S. The maximum atomic E-state index is 5.94. The maximum absolute atomic E-state index is 5.94. The first-order valence-corrected chi connectivity index (χ1v) is 6.09. The summed E-state index contributed by atoms with van der Waals surface area (Å²) in [5.74, 6) is 0.511. The number of pyridine rings is 1. The lowest BCUT2D eigenvalue weighted by molar-refractivity contribution is 0.703. The summed E-state index contributed by atoms with van der Waals surface area (Å²) in [5, 5.41) is 5.85. The molecule has 2 aromatic rings. The van der Waals surface area contributed by atoms with Gasteiger partial charge in [0.25, 0.3) is 0 Å². The average molecular weight is 254 g/mol. The fourth-order valence-electron chi connectivity index (χ4n) is 1.60. The van der Waals surface area contributed by atoms with Crippen LogP contribution in [0.3, 0.4) is 0 Å². The normalized spacial score (nSPS) is 12.6. The minimum absolute atomic E-state index is 0.0474. The van der Waals surface area contributed by atoms with Gasteiger partial charge in [-0.1, -0.05) is 17.7 Å². The van der Waals surface area contributed by atoms with Crippen LogP contribution in [0.4, 0.5) is 5.82 Å². The van der Waals surface area contributed by atoms with Crippen molar-refractivity contribution in [3.8, 4) is 0 Å². The van der Waals surface area contributed by atoms with Crippen LogP contribution in [0.1, 0.15) is 16.5 Å². The van der Waals surface area contributed by atoms with Gasteiger partial charge in [-0.05, 0) is 24.6 Å². The van der Waals surface area contributed by atoms with E-state index in [4.69, 9.17) is 17.3 Å². The predicted octanol–water partition coefficient (Wildman–Crippen LogP) is 2.69. The van der Waals surface area contributed by atoms with Crippen LogP contribution >= 0.6 is 22.9 Å². The zero-order valence-electron chi connectivity index (χ0n) is 8.77. The van der Waals surface area contributed by atoms with Crippen molar-refractivity contribution < 1.29 is 0 Å². The molecule has 5 heteroatoms. The van der Waals surface area contributed by atoms with Crippen molar-refractivity contribution in [2.24, 2.45) is 0 Å². The molecule has 3 N–H and O–H groups in total. The van der Waals surface area contributed by atoms with Crippen molar-refractivity contribution in [2.75, 3.05) is 12.8 Å². The molecule has 0 radical (unpaired) electrons. The molecule has 0 aliphatic rings. The lowest BCUT2D eigenvalue weighted by Crippen LogP contribution is -2.18. The predicted molar refractivity (Wildman–Crippen MR) is 68.9 cm³/mol. The van der Waals surface area contributed by atoms with E-state index in [0.717, 1.165) is 5.56 Å². The summed E-state index contributed by atoms with van der Waals surface area (Å²) in [7, 11) is 1.89. The van der Waals surface area contributed by atoms with E-state index in [1.807, 2.05) is 24.6 Å². The lowest BCUT2D eigenvalue weighted by Gasteiger charge is -2.16. The van der Waals surface area contributed by atoms with Crippen molar-refractivity contribution in [3.63, 3.8) is 0 Å². The standard InChI is InChI=1S/C11H12ClN3S/c1-14-10(9-3-2-4-16-9)8-5-7(12)6-15-11(8)13/h2-6,10,14H,1H3,(H2,13,15). The number of thiophene rings is 1. The van der Waals surface area contributed by atoms with Crippen molar-refractivity contribution in [1.29, 1.82) is 0 Å². The van der Waals surface area contributed by atoms with E-state index in [0.29, 0.717) is 10.8 Å². The number of halogens is 1. The molecule has 0 aliphatic carbocycles. The molecule has 0 saturated carbocycles. The van der Waals surface area contributed by atoms with Crippen molar-refractivity contribution >= 4 is 28.8 Å². The van der Waals surface area contributed by atoms with E-state index in [1.54, 1.807) is 17.5 Å². The topological polar surface area (TPSA) is 50.9 Å². The Kier molecular flexibility index (Phi) is 3.43. The Labute approximate surface area is 103 Å². The molecule has 0 amide bonds. The van der Waals surface area contributed by atoms with E-state index in [2.05, 4.69) is 16.4 Å². The highest BCUT2D eigenvalue weighted by Gasteiger charge is 2.16. The average Bonchev–Trinajstić information content (AvgIpc) is 2.78. The summed E-state index contributed by atoms with van der Waals surface area (Å²) in [6.45, 7) is 0. The summed E-state index contributed by atoms with van der Waals surface area (Å²) in [6, 6.07) is 5.97. The smallest absolute Gasteiger partial charge is 0.128 e. The Morgan fingerprint density at radius 3 is 3.00 bits per heavy atom. The van der Waals surface area contributed by atoms with Crippen LogP contribution in [0.5, 0.6) is 0 Å². The first kappa shape index (κ1) is 11.4. The number of aromatic nitrogens is 1. The zero-order valence-corrected chi connectivity index (χ0v) is 10.3. The van der Waals surface area contributed by atoms with Crippen LogP contribution in [0.2, 0.25) is 5.02 Å². The minimum Gasteiger partial charge on any atom is -0.383 e. The van der Waals surface area contributed by atoms with E-state index >= 15 is 0 Å². The van der Waals surface area contributed by atoms with Gasteiger partial charge in [-0.25, -0.2) is 4.98 Å². The van der Waals surface area contributed by atoms with Crippen LogP contribution in [0, 0.1) is 0 Å². The van der Waals surface area contributed by atoms with Gasteiger partial charge in [0.1, 0.15) is 5.82 Å². The molecule has 0 bridgehead atoms. The molecule has 84 valence electrons. The van der Waals surface area contributed by atoms with E-state index in [9.17, 15) is 0 Å². The number of nitrogens with zero attached hydrogens (tertiary/aromatic N) is 1. The van der Waals surface area contributed by atoms with Crippen LogP contribution in [0.25, 0.3) is 0 Å². The highest BCUT2D eigenvalue weighted by Crippen LogP contribution is 2.29. The molecule has 2 aromatic heterocycles. The quantitative estimate of drug-likeness (QED) is 0.884. The largest absolute Gasteiger partial charge is 0.383 e. The van der Waals surface area contributed by atoms with Gasteiger partial charge >= 0.3 is 0 Å². The van der Waals surface area contributed by atoms with E-state index < -0.39 is 0 Å². The number of nitrogens with two attached hydrogens (primary N) is 1. The van der Waals surface area contributed by atoms with Crippen LogP contribution in [-0.2, 0) is 0 Å². The summed E-state index contributed by atoms with van der Waals surface area (Å²) in [5.41, 5.74) is 6.78. The second-order valence-electron chi connectivity index (χ2n) is 3.37. The van der Waals surface area contributed by atoms with Crippen LogP contribution in [-0.4, -0.2) is 12.0 Å². The molecule has 0 aliphatic heterocycles. The van der Waals surface area contributed by atoms with Gasteiger partial charge in [0, 0.05) is 16.6 Å². The lowest BCUT2D eigenvalue weighted by atomic mass is 10.1.